The lowest BCUT2D eigenvalue weighted by Gasteiger charge is -2.41. The number of β-amino-alcohol motifs (C(OH)–C–C–N with tert-alkyl or cyclic N) is 1. The van der Waals surface area contributed by atoms with E-state index in [9.17, 15) is 27.9 Å². The van der Waals surface area contributed by atoms with Crippen LogP contribution < -0.4 is 4.90 Å². The van der Waals surface area contributed by atoms with Crippen LogP contribution in [0, 0.1) is 0 Å². The molecule has 0 aliphatic carbocycles. The molecule has 1 aromatic carbocycles. The SMILES string of the molecule is C[C@H]1C(=O)N(C[C@@H](O)CC(=O)O)CCN1c1ccc(C(F)(F)F)c(Cl)c1. The van der Waals surface area contributed by atoms with Crippen molar-refractivity contribution in [3.8, 4) is 0 Å². The van der Waals surface area contributed by atoms with Crippen LogP contribution >= 0.6 is 11.6 Å². The molecule has 0 radical (unpaired) electrons. The molecule has 1 saturated heterocycles. The molecule has 1 amide bonds. The Bertz CT molecular complexity index is 699. The Hall–Kier alpha value is -2.00. The molecule has 1 aromatic rings. The topological polar surface area (TPSA) is 81.1 Å². The van der Waals surface area contributed by atoms with Crippen molar-refractivity contribution in [2.45, 2.75) is 31.7 Å². The van der Waals surface area contributed by atoms with E-state index in [2.05, 4.69) is 0 Å². The molecule has 0 unspecified atom stereocenters. The van der Waals surface area contributed by atoms with E-state index < -0.39 is 41.3 Å². The fourth-order valence-corrected chi connectivity index (χ4v) is 3.18. The molecular weight excluding hydrogens is 377 g/mol. The summed E-state index contributed by atoms with van der Waals surface area (Å²) in [5, 5.41) is 17.9. The zero-order valence-corrected chi connectivity index (χ0v) is 14.6. The van der Waals surface area contributed by atoms with Crippen molar-refractivity contribution in [3.05, 3.63) is 28.8 Å². The number of aliphatic hydroxyl groups is 1. The minimum atomic E-state index is -4.56. The lowest BCUT2D eigenvalue weighted by atomic mass is 10.1. The highest BCUT2D eigenvalue weighted by atomic mass is 35.5. The van der Waals surface area contributed by atoms with E-state index in [1.165, 1.54) is 17.0 Å². The normalized spacial score (nSPS) is 19.6. The number of nitrogens with zero attached hydrogens (tertiary/aromatic N) is 2. The highest BCUT2D eigenvalue weighted by Crippen LogP contribution is 2.37. The monoisotopic (exact) mass is 394 g/mol. The fraction of sp³-hybridized carbons (Fsp3) is 0.500. The van der Waals surface area contributed by atoms with Gasteiger partial charge in [-0.25, -0.2) is 0 Å². The molecule has 0 saturated carbocycles. The van der Waals surface area contributed by atoms with Gasteiger partial charge in [-0.15, -0.1) is 0 Å². The first kappa shape index (κ1) is 20.3. The van der Waals surface area contributed by atoms with Crippen molar-refractivity contribution >= 4 is 29.2 Å². The van der Waals surface area contributed by atoms with E-state index in [1.54, 1.807) is 11.8 Å². The van der Waals surface area contributed by atoms with E-state index in [0.29, 0.717) is 12.2 Å². The summed E-state index contributed by atoms with van der Waals surface area (Å²) in [6.07, 6.45) is -6.22. The molecular formula is C16H18ClF3N2O4. The summed E-state index contributed by atoms with van der Waals surface area (Å²) in [6, 6.07) is 2.61. The number of alkyl halides is 3. The standard InChI is InChI=1S/C16H18ClF3N2O4/c1-9-15(26)21(8-11(23)7-14(24)25)4-5-22(9)10-2-3-12(13(17)6-10)16(18,19)20/h2-3,6,9,11,23H,4-5,7-8H2,1H3,(H,24,25)/t9-,11-/m0/s1. The van der Waals surface area contributed by atoms with E-state index in [-0.39, 0.29) is 19.0 Å². The molecule has 0 bridgehead atoms. The number of carboxylic acid groups (broad SMARTS) is 1. The Labute approximate surface area is 152 Å². The van der Waals surface area contributed by atoms with Crippen molar-refractivity contribution in [3.63, 3.8) is 0 Å². The summed E-state index contributed by atoms with van der Waals surface area (Å²) >= 11 is 5.73. The lowest BCUT2D eigenvalue weighted by molar-refractivity contribution is -0.142. The number of amides is 1. The molecule has 2 atom stereocenters. The maximum atomic E-state index is 12.8. The maximum absolute atomic E-state index is 12.8. The number of hydrogen-bond donors (Lipinski definition) is 2. The third kappa shape index (κ3) is 4.59. The quantitative estimate of drug-likeness (QED) is 0.800. The zero-order valence-electron chi connectivity index (χ0n) is 13.8. The van der Waals surface area contributed by atoms with Crippen LogP contribution in [0.5, 0.6) is 0 Å². The molecule has 1 aliphatic heterocycles. The van der Waals surface area contributed by atoms with Crippen molar-refractivity contribution in [1.82, 2.24) is 4.90 Å². The van der Waals surface area contributed by atoms with Gasteiger partial charge >= 0.3 is 12.1 Å². The minimum Gasteiger partial charge on any atom is -0.481 e. The third-order valence-electron chi connectivity index (χ3n) is 4.18. The van der Waals surface area contributed by atoms with Crippen LogP contribution in [0.25, 0.3) is 0 Å². The van der Waals surface area contributed by atoms with Gasteiger partial charge in [-0.05, 0) is 25.1 Å². The lowest BCUT2D eigenvalue weighted by Crippen LogP contribution is -2.57. The Morgan fingerprint density at radius 2 is 2.04 bits per heavy atom. The van der Waals surface area contributed by atoms with E-state index in [1.807, 2.05) is 0 Å². The molecule has 2 rings (SSSR count). The first-order chi connectivity index (χ1) is 12.0. The summed E-state index contributed by atoms with van der Waals surface area (Å²) < 4.78 is 38.4. The van der Waals surface area contributed by atoms with Gasteiger partial charge in [-0.3, -0.25) is 9.59 Å². The van der Waals surface area contributed by atoms with Crippen LogP contribution in [0.15, 0.2) is 18.2 Å². The number of carboxylic acids is 1. The number of carbonyl (C=O) groups is 2. The molecule has 1 aliphatic rings. The number of piperazine rings is 1. The number of anilines is 1. The van der Waals surface area contributed by atoms with Gasteiger partial charge in [0.1, 0.15) is 6.04 Å². The van der Waals surface area contributed by atoms with Gasteiger partial charge in [0.15, 0.2) is 0 Å². The highest BCUT2D eigenvalue weighted by molar-refractivity contribution is 6.31. The molecule has 6 nitrogen and oxygen atoms in total. The van der Waals surface area contributed by atoms with Crippen LogP contribution in [-0.4, -0.2) is 58.8 Å². The molecule has 10 heteroatoms. The van der Waals surface area contributed by atoms with Crippen molar-refractivity contribution in [2.75, 3.05) is 24.5 Å². The summed E-state index contributed by atoms with van der Waals surface area (Å²) in [7, 11) is 0. The summed E-state index contributed by atoms with van der Waals surface area (Å²) in [4.78, 5) is 26.0. The number of carbonyl (C=O) groups excluding carboxylic acids is 1. The molecule has 26 heavy (non-hydrogen) atoms. The summed E-state index contributed by atoms with van der Waals surface area (Å²) in [5.74, 6) is -1.52. The van der Waals surface area contributed by atoms with Gasteiger partial charge in [0, 0.05) is 25.3 Å². The molecule has 1 fully saturated rings. The second-order valence-corrected chi connectivity index (χ2v) is 6.47. The number of hydrogen-bond acceptors (Lipinski definition) is 4. The van der Waals surface area contributed by atoms with E-state index in [0.717, 1.165) is 6.07 Å². The summed E-state index contributed by atoms with van der Waals surface area (Å²) in [5.41, 5.74) is -0.563. The number of aliphatic carboxylic acids is 1. The van der Waals surface area contributed by atoms with Gasteiger partial charge in [-0.1, -0.05) is 11.6 Å². The first-order valence-electron chi connectivity index (χ1n) is 7.82. The predicted octanol–water partition coefficient (Wildman–Crippen LogP) is 2.23. The molecule has 2 N–H and O–H groups in total. The van der Waals surface area contributed by atoms with E-state index >= 15 is 0 Å². The summed E-state index contributed by atoms with van der Waals surface area (Å²) in [6.45, 7) is 1.99. The predicted molar refractivity (Wildman–Crippen MR) is 88.1 cm³/mol. The van der Waals surface area contributed by atoms with Gasteiger partial charge in [0.2, 0.25) is 5.91 Å². The largest absolute Gasteiger partial charge is 0.481 e. The molecule has 0 aromatic heterocycles. The number of benzene rings is 1. The third-order valence-corrected chi connectivity index (χ3v) is 4.49. The van der Waals surface area contributed by atoms with Crippen LogP contribution in [-0.2, 0) is 15.8 Å². The van der Waals surface area contributed by atoms with Crippen LogP contribution in [0.3, 0.4) is 0 Å². The number of aliphatic hydroxyl groups excluding tert-OH is 1. The highest BCUT2D eigenvalue weighted by Gasteiger charge is 2.35. The van der Waals surface area contributed by atoms with Gasteiger partial charge in [0.05, 0.1) is 23.1 Å². The second kappa shape index (κ2) is 7.71. The maximum Gasteiger partial charge on any atom is 0.417 e. The van der Waals surface area contributed by atoms with Crippen molar-refractivity contribution in [1.29, 1.82) is 0 Å². The van der Waals surface area contributed by atoms with Gasteiger partial charge in [-0.2, -0.15) is 13.2 Å². The Morgan fingerprint density at radius 1 is 1.38 bits per heavy atom. The molecule has 0 spiro atoms. The van der Waals surface area contributed by atoms with Gasteiger partial charge in [0.25, 0.3) is 0 Å². The Kier molecular flexibility index (Phi) is 6.02. The molecule has 144 valence electrons. The fourth-order valence-electron chi connectivity index (χ4n) is 2.90. The smallest absolute Gasteiger partial charge is 0.417 e. The van der Waals surface area contributed by atoms with E-state index in [4.69, 9.17) is 16.7 Å². The average molecular weight is 395 g/mol. The first-order valence-corrected chi connectivity index (χ1v) is 8.20. The Balaban J connectivity index is 2.11. The number of halogens is 4. The van der Waals surface area contributed by atoms with Crippen LogP contribution in [0.4, 0.5) is 18.9 Å². The molecule has 1 heterocycles. The minimum absolute atomic E-state index is 0.114. The van der Waals surface area contributed by atoms with Crippen LogP contribution in [0.1, 0.15) is 18.9 Å². The Morgan fingerprint density at radius 3 is 2.58 bits per heavy atom. The van der Waals surface area contributed by atoms with Gasteiger partial charge < -0.3 is 20.0 Å². The van der Waals surface area contributed by atoms with Crippen molar-refractivity contribution < 1.29 is 33.0 Å². The second-order valence-electron chi connectivity index (χ2n) is 6.07. The van der Waals surface area contributed by atoms with Crippen molar-refractivity contribution in [2.24, 2.45) is 0 Å². The number of rotatable bonds is 5. The average Bonchev–Trinajstić information content (AvgIpc) is 2.50. The van der Waals surface area contributed by atoms with Crippen LogP contribution in [0.2, 0.25) is 5.02 Å². The zero-order chi connectivity index (χ0) is 19.6.